The summed E-state index contributed by atoms with van der Waals surface area (Å²) in [4.78, 5) is 34.9. The first-order valence-corrected chi connectivity index (χ1v) is 11.8. The average molecular weight is 481 g/mol. The number of amides is 1. The number of carbonyl (C=O) groups excluding carboxylic acids is 1. The van der Waals surface area contributed by atoms with E-state index in [1.807, 2.05) is 43.5 Å². The Bertz CT molecular complexity index is 1410. The Morgan fingerprint density at radius 1 is 1.00 bits per heavy atom. The van der Waals surface area contributed by atoms with Gasteiger partial charge < -0.3 is 20.4 Å². The molecule has 9 nitrogen and oxygen atoms in total. The van der Waals surface area contributed by atoms with Gasteiger partial charge in [0.05, 0.1) is 23.1 Å². The second kappa shape index (κ2) is 10.1. The molecule has 2 N–H and O–H groups in total. The standard InChI is InChI=1S/C27H28N8O/c1-4-24(36)31-20-9-10-28-22(15-20)25-18(2)5-6-19-16-30-27(33-26(19)25)32-21-7-8-23(29-17-21)35-13-11-34(3)12-14-35/h4-10,15-17H,1,11-14H2,2-3H3,(H,28,31,36)(H,30,32,33). The number of carbonyl (C=O) groups is 1. The van der Waals surface area contributed by atoms with Crippen LogP contribution in [0.1, 0.15) is 5.56 Å². The van der Waals surface area contributed by atoms with Crippen LogP contribution in [0.5, 0.6) is 0 Å². The molecule has 36 heavy (non-hydrogen) atoms. The highest BCUT2D eigenvalue weighted by atomic mass is 16.1. The maximum absolute atomic E-state index is 11.8. The van der Waals surface area contributed by atoms with Crippen molar-refractivity contribution in [1.82, 2.24) is 24.8 Å². The van der Waals surface area contributed by atoms with Crippen LogP contribution < -0.4 is 15.5 Å². The highest BCUT2D eigenvalue weighted by Crippen LogP contribution is 2.31. The third-order valence-electron chi connectivity index (χ3n) is 6.26. The molecule has 4 heterocycles. The molecule has 9 heteroatoms. The van der Waals surface area contributed by atoms with Gasteiger partial charge in [0.25, 0.3) is 0 Å². The second-order valence-electron chi connectivity index (χ2n) is 8.83. The summed E-state index contributed by atoms with van der Waals surface area (Å²) in [5, 5.41) is 6.96. The van der Waals surface area contributed by atoms with E-state index in [9.17, 15) is 4.79 Å². The summed E-state index contributed by atoms with van der Waals surface area (Å²) >= 11 is 0. The Hall–Kier alpha value is -4.37. The fourth-order valence-corrected chi connectivity index (χ4v) is 4.23. The number of nitrogens with one attached hydrogen (secondary N) is 2. The van der Waals surface area contributed by atoms with Crippen molar-refractivity contribution in [2.24, 2.45) is 0 Å². The molecule has 0 aliphatic carbocycles. The quantitative estimate of drug-likeness (QED) is 0.400. The minimum absolute atomic E-state index is 0.275. The van der Waals surface area contributed by atoms with Crippen molar-refractivity contribution in [3.63, 3.8) is 0 Å². The summed E-state index contributed by atoms with van der Waals surface area (Å²) < 4.78 is 0. The molecule has 1 saturated heterocycles. The molecule has 0 spiro atoms. The van der Waals surface area contributed by atoms with Crippen LogP contribution >= 0.6 is 0 Å². The van der Waals surface area contributed by atoms with Crippen LogP contribution in [0.4, 0.5) is 23.1 Å². The minimum Gasteiger partial charge on any atom is -0.354 e. The maximum atomic E-state index is 11.8. The first-order chi connectivity index (χ1) is 17.5. The van der Waals surface area contributed by atoms with Crippen LogP contribution in [0.15, 0.2) is 67.6 Å². The molecule has 4 aromatic rings. The van der Waals surface area contributed by atoms with Crippen molar-refractivity contribution in [2.45, 2.75) is 6.92 Å². The van der Waals surface area contributed by atoms with Crippen LogP contribution in [0, 0.1) is 6.92 Å². The van der Waals surface area contributed by atoms with E-state index < -0.39 is 0 Å². The third-order valence-corrected chi connectivity index (χ3v) is 6.26. The molecule has 1 fully saturated rings. The van der Waals surface area contributed by atoms with Crippen molar-refractivity contribution in [1.29, 1.82) is 0 Å². The van der Waals surface area contributed by atoms with Gasteiger partial charge in [-0.05, 0) is 49.9 Å². The number of rotatable bonds is 6. The summed E-state index contributed by atoms with van der Waals surface area (Å²) in [6.07, 6.45) is 6.51. The maximum Gasteiger partial charge on any atom is 0.247 e. The first kappa shape index (κ1) is 23.4. The zero-order valence-electron chi connectivity index (χ0n) is 20.4. The average Bonchev–Trinajstić information content (AvgIpc) is 2.89. The Kier molecular flexibility index (Phi) is 6.55. The topological polar surface area (TPSA) is 99.2 Å². The van der Waals surface area contributed by atoms with E-state index in [2.05, 4.69) is 49.0 Å². The number of anilines is 4. The Morgan fingerprint density at radius 2 is 1.83 bits per heavy atom. The fraction of sp³-hybridized carbons (Fsp3) is 0.222. The largest absolute Gasteiger partial charge is 0.354 e. The number of aromatic nitrogens is 4. The van der Waals surface area contributed by atoms with Crippen LogP contribution in [0.3, 0.4) is 0 Å². The number of aryl methyl sites for hydroxylation is 1. The predicted octanol–water partition coefficient (Wildman–Crippen LogP) is 4.02. The zero-order chi connectivity index (χ0) is 25.1. The van der Waals surface area contributed by atoms with Crippen molar-refractivity contribution >= 4 is 40.0 Å². The zero-order valence-corrected chi connectivity index (χ0v) is 20.4. The number of hydrogen-bond donors (Lipinski definition) is 2. The molecule has 0 radical (unpaired) electrons. The van der Waals surface area contributed by atoms with Gasteiger partial charge in [-0.1, -0.05) is 18.7 Å². The van der Waals surface area contributed by atoms with Crippen LogP contribution in [0.2, 0.25) is 0 Å². The molecule has 3 aromatic heterocycles. The van der Waals surface area contributed by atoms with Gasteiger partial charge in [0, 0.05) is 55.2 Å². The van der Waals surface area contributed by atoms with Crippen molar-refractivity contribution in [2.75, 3.05) is 48.8 Å². The van der Waals surface area contributed by atoms with Crippen LogP contribution in [0.25, 0.3) is 22.2 Å². The van der Waals surface area contributed by atoms with Gasteiger partial charge in [0.15, 0.2) is 0 Å². The fourth-order valence-electron chi connectivity index (χ4n) is 4.23. The van der Waals surface area contributed by atoms with Crippen LogP contribution in [-0.2, 0) is 4.79 Å². The number of benzene rings is 1. The number of piperazine rings is 1. The number of nitrogens with zero attached hydrogens (tertiary/aromatic N) is 6. The lowest BCUT2D eigenvalue weighted by molar-refractivity contribution is -0.111. The SMILES string of the molecule is C=CC(=O)Nc1ccnc(-c2c(C)ccc3cnc(Nc4ccc(N5CCN(C)CC5)nc4)nc23)c1. The highest BCUT2D eigenvalue weighted by Gasteiger charge is 2.16. The van der Waals surface area contributed by atoms with Crippen LogP contribution in [-0.4, -0.2) is 64.0 Å². The smallest absolute Gasteiger partial charge is 0.247 e. The lowest BCUT2D eigenvalue weighted by Crippen LogP contribution is -2.44. The van der Waals surface area contributed by atoms with Gasteiger partial charge in [-0.3, -0.25) is 9.78 Å². The molecule has 0 bridgehead atoms. The van der Waals surface area contributed by atoms with Crippen molar-refractivity contribution < 1.29 is 4.79 Å². The molecule has 5 rings (SSSR count). The molecule has 0 unspecified atom stereocenters. The molecule has 182 valence electrons. The van der Waals surface area contributed by atoms with E-state index in [1.54, 1.807) is 18.5 Å². The van der Waals surface area contributed by atoms with Gasteiger partial charge in [-0.15, -0.1) is 0 Å². The van der Waals surface area contributed by atoms with Crippen molar-refractivity contribution in [3.05, 3.63) is 73.2 Å². The van der Waals surface area contributed by atoms with E-state index in [1.165, 1.54) is 6.08 Å². The lowest BCUT2D eigenvalue weighted by atomic mass is 10.0. The molecular formula is C27H28N8O. The molecule has 1 aliphatic rings. The van der Waals surface area contributed by atoms with Gasteiger partial charge in [0.1, 0.15) is 5.82 Å². The normalized spacial score (nSPS) is 14.0. The third kappa shape index (κ3) is 5.01. The number of likely N-dealkylation sites (N-methyl/N-ethyl adjacent to an activating group) is 1. The summed E-state index contributed by atoms with van der Waals surface area (Å²) in [6.45, 7) is 9.53. The van der Waals surface area contributed by atoms with E-state index in [0.29, 0.717) is 17.3 Å². The summed E-state index contributed by atoms with van der Waals surface area (Å²) in [5.74, 6) is 1.17. The van der Waals surface area contributed by atoms with E-state index in [4.69, 9.17) is 4.98 Å². The van der Waals surface area contributed by atoms with Crippen molar-refractivity contribution in [3.8, 4) is 11.3 Å². The number of fused-ring (bicyclic) bond motifs is 1. The highest BCUT2D eigenvalue weighted by molar-refractivity contribution is 6.00. The van der Waals surface area contributed by atoms with Gasteiger partial charge in [0.2, 0.25) is 11.9 Å². The summed E-state index contributed by atoms with van der Waals surface area (Å²) in [5.41, 5.74) is 4.84. The van der Waals surface area contributed by atoms with Gasteiger partial charge >= 0.3 is 0 Å². The van der Waals surface area contributed by atoms with E-state index in [-0.39, 0.29) is 5.91 Å². The molecule has 1 aliphatic heterocycles. The number of pyridine rings is 2. The predicted molar refractivity (Wildman–Crippen MR) is 144 cm³/mol. The lowest BCUT2D eigenvalue weighted by Gasteiger charge is -2.33. The Labute approximate surface area is 209 Å². The summed E-state index contributed by atoms with van der Waals surface area (Å²) in [6, 6.07) is 11.6. The molecule has 0 saturated carbocycles. The van der Waals surface area contributed by atoms with Gasteiger partial charge in [-0.2, -0.15) is 0 Å². The molecule has 1 amide bonds. The van der Waals surface area contributed by atoms with Gasteiger partial charge in [-0.25, -0.2) is 15.0 Å². The monoisotopic (exact) mass is 480 g/mol. The Balaban J connectivity index is 1.43. The minimum atomic E-state index is -0.275. The second-order valence-corrected chi connectivity index (χ2v) is 8.83. The molecular weight excluding hydrogens is 452 g/mol. The summed E-state index contributed by atoms with van der Waals surface area (Å²) in [7, 11) is 2.14. The first-order valence-electron chi connectivity index (χ1n) is 11.8. The molecule has 1 aromatic carbocycles. The number of hydrogen-bond acceptors (Lipinski definition) is 8. The molecule has 0 atom stereocenters. The Morgan fingerprint density at radius 3 is 2.58 bits per heavy atom. The van der Waals surface area contributed by atoms with E-state index >= 15 is 0 Å². The van der Waals surface area contributed by atoms with E-state index in [0.717, 1.165) is 59.7 Å².